The number of carbonyl (C=O) groups excluding carboxylic acids is 3. The Morgan fingerprint density at radius 3 is 2.95 bits per heavy atom. The molecule has 0 aliphatic carbocycles. The molecule has 2 rings (SSSR count). The highest BCUT2D eigenvalue weighted by Gasteiger charge is 2.29. The van der Waals surface area contributed by atoms with Crippen LogP contribution in [-0.2, 0) is 22.6 Å². The third-order valence-corrected chi connectivity index (χ3v) is 3.09. The molecule has 114 valence electrons. The van der Waals surface area contributed by atoms with Gasteiger partial charge in [0.25, 0.3) is 5.91 Å². The number of hydrogen-bond acceptors (Lipinski definition) is 5. The Kier molecular flexibility index (Phi) is 4.91. The summed E-state index contributed by atoms with van der Waals surface area (Å²) in [5.41, 5.74) is 0.868. The zero-order valence-electron chi connectivity index (χ0n) is 11.8. The van der Waals surface area contributed by atoms with E-state index in [4.69, 9.17) is 4.52 Å². The van der Waals surface area contributed by atoms with Gasteiger partial charge in [-0.1, -0.05) is 18.5 Å². The van der Waals surface area contributed by atoms with Crippen molar-refractivity contribution in [2.75, 3.05) is 0 Å². The van der Waals surface area contributed by atoms with Crippen molar-refractivity contribution >= 4 is 17.8 Å². The Morgan fingerprint density at radius 1 is 1.48 bits per heavy atom. The van der Waals surface area contributed by atoms with Crippen LogP contribution < -0.4 is 16.0 Å². The van der Waals surface area contributed by atoms with Gasteiger partial charge in [-0.2, -0.15) is 0 Å². The molecule has 1 saturated heterocycles. The maximum atomic E-state index is 11.7. The van der Waals surface area contributed by atoms with Crippen molar-refractivity contribution < 1.29 is 18.9 Å². The van der Waals surface area contributed by atoms with Gasteiger partial charge in [0.05, 0.1) is 12.2 Å². The Balaban J connectivity index is 1.69. The second-order valence-electron chi connectivity index (χ2n) is 4.87. The predicted molar refractivity (Wildman–Crippen MR) is 72.0 cm³/mol. The fourth-order valence-corrected chi connectivity index (χ4v) is 2.02. The minimum atomic E-state index is -0.635. The topological polar surface area (TPSA) is 113 Å². The van der Waals surface area contributed by atoms with Gasteiger partial charge in [-0.25, -0.2) is 4.79 Å². The summed E-state index contributed by atoms with van der Waals surface area (Å²) in [6.45, 7) is 2.31. The van der Waals surface area contributed by atoms with Gasteiger partial charge in [-0.3, -0.25) is 14.9 Å². The van der Waals surface area contributed by atoms with E-state index in [-0.39, 0.29) is 25.3 Å². The lowest BCUT2D eigenvalue weighted by molar-refractivity contribution is -0.122. The number of hydrogen-bond donors (Lipinski definition) is 3. The van der Waals surface area contributed by atoms with Crippen molar-refractivity contribution in [3.05, 3.63) is 17.5 Å². The minimum absolute atomic E-state index is 0.147. The van der Waals surface area contributed by atoms with E-state index in [1.807, 2.05) is 13.0 Å². The maximum Gasteiger partial charge on any atom is 0.322 e. The standard InChI is InChI=1S/C13H18N4O4/c1-2-3-8-6-9(21-17-8)7-14-11(18)5-4-10-12(19)16-13(20)15-10/h6,10H,2-5,7H2,1H3,(H,14,18)(H2,15,16,19,20)/t10-/m0/s1. The Labute approximate surface area is 121 Å². The van der Waals surface area contributed by atoms with Crippen LogP contribution in [-0.4, -0.2) is 29.0 Å². The number of rotatable bonds is 7. The van der Waals surface area contributed by atoms with Crippen molar-refractivity contribution in [2.24, 2.45) is 0 Å². The Bertz CT molecular complexity index is 540. The summed E-state index contributed by atoms with van der Waals surface area (Å²) in [6.07, 6.45) is 2.23. The second kappa shape index (κ2) is 6.87. The number of aromatic nitrogens is 1. The molecular weight excluding hydrogens is 276 g/mol. The average Bonchev–Trinajstić information content (AvgIpc) is 3.01. The number of urea groups is 1. The number of amides is 4. The van der Waals surface area contributed by atoms with Crippen LogP contribution >= 0.6 is 0 Å². The van der Waals surface area contributed by atoms with Crippen LogP contribution in [0.1, 0.15) is 37.6 Å². The van der Waals surface area contributed by atoms with E-state index < -0.39 is 18.0 Å². The van der Waals surface area contributed by atoms with Crippen LogP contribution in [0.3, 0.4) is 0 Å². The molecule has 1 aromatic rings. The fraction of sp³-hybridized carbons (Fsp3) is 0.538. The number of nitrogens with zero attached hydrogens (tertiary/aromatic N) is 1. The van der Waals surface area contributed by atoms with Crippen LogP contribution in [0.15, 0.2) is 10.6 Å². The molecule has 0 saturated carbocycles. The Hall–Kier alpha value is -2.38. The number of imide groups is 1. The molecule has 1 aliphatic heterocycles. The van der Waals surface area contributed by atoms with Crippen molar-refractivity contribution in [3.8, 4) is 0 Å². The van der Waals surface area contributed by atoms with E-state index in [9.17, 15) is 14.4 Å². The summed E-state index contributed by atoms with van der Waals surface area (Å²) in [6, 6.07) is 0.661. The van der Waals surface area contributed by atoms with E-state index in [1.165, 1.54) is 0 Å². The number of carbonyl (C=O) groups is 3. The molecule has 1 aromatic heterocycles. The van der Waals surface area contributed by atoms with Gasteiger partial charge in [0.15, 0.2) is 5.76 Å². The molecule has 0 spiro atoms. The van der Waals surface area contributed by atoms with Gasteiger partial charge in [0, 0.05) is 12.5 Å². The predicted octanol–water partition coefficient (Wildman–Crippen LogP) is 0.232. The summed E-state index contributed by atoms with van der Waals surface area (Å²) in [5.74, 6) is -0.0108. The van der Waals surface area contributed by atoms with Gasteiger partial charge in [0.1, 0.15) is 6.04 Å². The summed E-state index contributed by atoms with van der Waals surface area (Å²) in [5, 5.41) is 11.1. The van der Waals surface area contributed by atoms with Crippen molar-refractivity contribution in [3.63, 3.8) is 0 Å². The monoisotopic (exact) mass is 294 g/mol. The normalized spacial score (nSPS) is 17.5. The third kappa shape index (κ3) is 4.30. The molecule has 21 heavy (non-hydrogen) atoms. The third-order valence-electron chi connectivity index (χ3n) is 3.09. The van der Waals surface area contributed by atoms with Crippen molar-refractivity contribution in [1.82, 2.24) is 21.1 Å². The number of aryl methyl sites for hydroxylation is 1. The molecule has 4 amide bonds. The molecule has 0 radical (unpaired) electrons. The molecule has 2 heterocycles. The quantitative estimate of drug-likeness (QED) is 0.623. The van der Waals surface area contributed by atoms with Gasteiger partial charge >= 0.3 is 6.03 Å². The molecule has 1 aliphatic rings. The zero-order chi connectivity index (χ0) is 15.2. The van der Waals surface area contributed by atoms with Crippen LogP contribution in [0, 0.1) is 0 Å². The molecule has 0 aromatic carbocycles. The zero-order valence-corrected chi connectivity index (χ0v) is 11.8. The van der Waals surface area contributed by atoms with E-state index in [0.717, 1.165) is 18.5 Å². The molecule has 1 atom stereocenters. The first-order chi connectivity index (χ1) is 10.1. The highest BCUT2D eigenvalue weighted by atomic mass is 16.5. The molecule has 0 bridgehead atoms. The van der Waals surface area contributed by atoms with Crippen LogP contribution in [0.25, 0.3) is 0 Å². The van der Waals surface area contributed by atoms with Gasteiger partial charge in [-0.15, -0.1) is 0 Å². The summed E-state index contributed by atoms with van der Waals surface area (Å²) in [4.78, 5) is 33.9. The first kappa shape index (κ1) is 15.0. The summed E-state index contributed by atoms with van der Waals surface area (Å²) in [7, 11) is 0. The number of nitrogens with one attached hydrogen (secondary N) is 3. The summed E-state index contributed by atoms with van der Waals surface area (Å²) < 4.78 is 5.09. The smallest absolute Gasteiger partial charge is 0.322 e. The van der Waals surface area contributed by atoms with Crippen LogP contribution in [0.5, 0.6) is 0 Å². The summed E-state index contributed by atoms with van der Waals surface area (Å²) >= 11 is 0. The minimum Gasteiger partial charge on any atom is -0.359 e. The van der Waals surface area contributed by atoms with Crippen molar-refractivity contribution in [1.29, 1.82) is 0 Å². The Morgan fingerprint density at radius 2 is 2.29 bits per heavy atom. The highest BCUT2D eigenvalue weighted by Crippen LogP contribution is 2.06. The first-order valence-corrected chi connectivity index (χ1v) is 6.91. The van der Waals surface area contributed by atoms with Gasteiger partial charge in [-0.05, 0) is 12.8 Å². The van der Waals surface area contributed by atoms with Crippen molar-refractivity contribution in [2.45, 2.75) is 45.2 Å². The van der Waals surface area contributed by atoms with Gasteiger partial charge < -0.3 is 15.2 Å². The largest absolute Gasteiger partial charge is 0.359 e. The lowest BCUT2D eigenvalue weighted by atomic mass is 10.1. The fourth-order valence-electron chi connectivity index (χ4n) is 2.02. The molecule has 8 nitrogen and oxygen atoms in total. The highest BCUT2D eigenvalue weighted by molar-refractivity contribution is 6.04. The maximum absolute atomic E-state index is 11.7. The molecular formula is C13H18N4O4. The van der Waals surface area contributed by atoms with Crippen LogP contribution in [0.2, 0.25) is 0 Å². The first-order valence-electron chi connectivity index (χ1n) is 6.91. The molecule has 1 fully saturated rings. The molecule has 0 unspecified atom stereocenters. The van der Waals surface area contributed by atoms with Crippen LogP contribution in [0.4, 0.5) is 4.79 Å². The molecule has 3 N–H and O–H groups in total. The molecule has 8 heteroatoms. The van der Waals surface area contributed by atoms with E-state index in [1.54, 1.807) is 0 Å². The second-order valence-corrected chi connectivity index (χ2v) is 4.87. The average molecular weight is 294 g/mol. The van der Waals surface area contributed by atoms with E-state index in [2.05, 4.69) is 21.1 Å². The van der Waals surface area contributed by atoms with E-state index in [0.29, 0.717) is 5.76 Å². The lowest BCUT2D eigenvalue weighted by Crippen LogP contribution is -2.31. The van der Waals surface area contributed by atoms with Gasteiger partial charge in [0.2, 0.25) is 5.91 Å². The lowest BCUT2D eigenvalue weighted by Gasteiger charge is -2.06. The van der Waals surface area contributed by atoms with E-state index >= 15 is 0 Å². The SMILES string of the molecule is CCCc1cc(CNC(=O)CC[C@@H]2NC(=O)NC2=O)on1.